The maximum Gasteiger partial charge on any atom is 0.270 e. The summed E-state index contributed by atoms with van der Waals surface area (Å²) in [6.07, 6.45) is 2.61. The maximum atomic E-state index is 13.3. The number of amides is 1. The zero-order chi connectivity index (χ0) is 16.7. The van der Waals surface area contributed by atoms with Gasteiger partial charge < -0.3 is 9.88 Å². The summed E-state index contributed by atoms with van der Waals surface area (Å²) >= 11 is 0. The average molecular weight is 324 g/mol. The van der Waals surface area contributed by atoms with Crippen LogP contribution in [0.4, 0.5) is 4.39 Å². The van der Waals surface area contributed by atoms with Crippen LogP contribution in [0.15, 0.2) is 36.5 Å². The number of aromatic amines is 1. The largest absolute Gasteiger partial charge is 0.350 e. The Hall–Kier alpha value is -2.76. The Morgan fingerprint density at radius 3 is 3.04 bits per heavy atom. The first kappa shape index (κ1) is 14.8. The van der Waals surface area contributed by atoms with Crippen LogP contribution in [-0.2, 0) is 0 Å². The zero-order valence-corrected chi connectivity index (χ0v) is 13.3. The highest BCUT2D eigenvalue weighted by atomic mass is 19.1. The summed E-state index contributed by atoms with van der Waals surface area (Å²) in [7, 11) is 0. The van der Waals surface area contributed by atoms with Crippen LogP contribution in [0.3, 0.4) is 0 Å². The molecule has 1 amide bonds. The molecule has 122 valence electrons. The molecule has 0 radical (unpaired) electrons. The Morgan fingerprint density at radius 1 is 1.33 bits per heavy atom. The lowest BCUT2D eigenvalue weighted by Crippen LogP contribution is -2.28. The maximum absolute atomic E-state index is 13.3. The summed E-state index contributed by atoms with van der Waals surface area (Å²) in [5, 5.41) is 0.831. The number of carbonyl (C=O) groups is 1. The van der Waals surface area contributed by atoms with Gasteiger partial charge in [0.15, 0.2) is 0 Å². The fourth-order valence-electron chi connectivity index (χ4n) is 3.21. The minimum Gasteiger partial charge on any atom is -0.350 e. The number of hydrogen-bond donors (Lipinski definition) is 1. The lowest BCUT2D eigenvalue weighted by Gasteiger charge is -2.15. The van der Waals surface area contributed by atoms with Crippen molar-refractivity contribution in [1.82, 2.24) is 19.9 Å². The highest BCUT2D eigenvalue weighted by Crippen LogP contribution is 2.26. The molecule has 1 saturated heterocycles. The molecule has 2 aromatic heterocycles. The van der Waals surface area contributed by atoms with Crippen molar-refractivity contribution in [3.63, 3.8) is 0 Å². The van der Waals surface area contributed by atoms with Crippen molar-refractivity contribution in [2.45, 2.75) is 19.3 Å². The molecule has 0 spiro atoms. The van der Waals surface area contributed by atoms with Crippen molar-refractivity contribution < 1.29 is 9.18 Å². The van der Waals surface area contributed by atoms with Crippen LogP contribution in [0, 0.1) is 12.7 Å². The summed E-state index contributed by atoms with van der Waals surface area (Å²) in [5.74, 6) is 0.572. The topological polar surface area (TPSA) is 61.9 Å². The molecule has 1 aliphatic rings. The van der Waals surface area contributed by atoms with Crippen molar-refractivity contribution in [2.24, 2.45) is 0 Å². The van der Waals surface area contributed by atoms with E-state index < -0.39 is 0 Å². The number of halogens is 1. The predicted octanol–water partition coefficient (Wildman–Crippen LogP) is 3.04. The highest BCUT2D eigenvalue weighted by Gasteiger charge is 2.30. The number of nitrogens with zero attached hydrogens (tertiary/aromatic N) is 3. The van der Waals surface area contributed by atoms with E-state index in [1.54, 1.807) is 23.2 Å². The Balaban J connectivity index is 1.54. The van der Waals surface area contributed by atoms with E-state index in [-0.39, 0.29) is 17.6 Å². The molecule has 1 N–H and O–H groups in total. The van der Waals surface area contributed by atoms with Crippen molar-refractivity contribution in [3.8, 4) is 0 Å². The number of aromatic nitrogens is 3. The van der Waals surface area contributed by atoms with Gasteiger partial charge in [-0.2, -0.15) is 0 Å². The number of nitrogens with one attached hydrogen (secondary N) is 1. The predicted molar refractivity (Wildman–Crippen MR) is 88.3 cm³/mol. The van der Waals surface area contributed by atoms with Crippen molar-refractivity contribution in [3.05, 3.63) is 59.6 Å². The van der Waals surface area contributed by atoms with E-state index in [2.05, 4.69) is 15.0 Å². The van der Waals surface area contributed by atoms with Gasteiger partial charge in [-0.3, -0.25) is 4.79 Å². The Kier molecular flexibility index (Phi) is 3.52. The summed E-state index contributed by atoms with van der Waals surface area (Å²) in [6, 6.07) is 8.11. The van der Waals surface area contributed by atoms with Gasteiger partial charge in [0.2, 0.25) is 0 Å². The van der Waals surface area contributed by atoms with Crippen LogP contribution in [0.1, 0.15) is 34.3 Å². The number of H-pyrrole nitrogens is 1. The first-order valence-corrected chi connectivity index (χ1v) is 7.97. The summed E-state index contributed by atoms with van der Waals surface area (Å²) in [6.45, 7) is 3.21. The first-order chi connectivity index (χ1) is 11.6. The third-order valence-corrected chi connectivity index (χ3v) is 4.47. The van der Waals surface area contributed by atoms with Crippen molar-refractivity contribution in [1.29, 1.82) is 0 Å². The van der Waals surface area contributed by atoms with E-state index in [0.717, 1.165) is 23.3 Å². The molecule has 6 heteroatoms. The Morgan fingerprint density at radius 2 is 2.21 bits per heavy atom. The van der Waals surface area contributed by atoms with Crippen LogP contribution in [0.2, 0.25) is 0 Å². The second-order valence-corrected chi connectivity index (χ2v) is 6.21. The van der Waals surface area contributed by atoms with Gasteiger partial charge in [0.05, 0.1) is 0 Å². The number of likely N-dealkylation sites (tertiary alicyclic amines) is 1. The molecular weight excluding hydrogens is 307 g/mol. The molecule has 4 rings (SSSR count). The molecule has 1 aliphatic heterocycles. The van der Waals surface area contributed by atoms with Gasteiger partial charge in [-0.1, -0.05) is 0 Å². The molecule has 1 fully saturated rings. The third-order valence-electron chi connectivity index (χ3n) is 4.47. The van der Waals surface area contributed by atoms with E-state index in [9.17, 15) is 9.18 Å². The van der Waals surface area contributed by atoms with Gasteiger partial charge >= 0.3 is 0 Å². The van der Waals surface area contributed by atoms with Crippen LogP contribution in [0.5, 0.6) is 0 Å². The van der Waals surface area contributed by atoms with Crippen molar-refractivity contribution in [2.75, 3.05) is 13.1 Å². The molecule has 1 atom stereocenters. The molecule has 5 nitrogen and oxygen atoms in total. The summed E-state index contributed by atoms with van der Waals surface area (Å²) in [5.41, 5.74) is 2.06. The molecule has 24 heavy (non-hydrogen) atoms. The Bertz CT molecular complexity index is 920. The van der Waals surface area contributed by atoms with Gasteiger partial charge in [0.1, 0.15) is 17.3 Å². The minimum absolute atomic E-state index is 0.0678. The molecule has 0 aliphatic carbocycles. The summed E-state index contributed by atoms with van der Waals surface area (Å²) < 4.78 is 13.3. The van der Waals surface area contributed by atoms with Gasteiger partial charge in [-0.05, 0) is 43.7 Å². The van der Waals surface area contributed by atoms with Crippen LogP contribution < -0.4 is 0 Å². The van der Waals surface area contributed by atoms with E-state index in [1.807, 2.05) is 13.0 Å². The van der Waals surface area contributed by atoms with Gasteiger partial charge in [0.25, 0.3) is 5.91 Å². The van der Waals surface area contributed by atoms with Crippen molar-refractivity contribution >= 4 is 16.8 Å². The van der Waals surface area contributed by atoms with Gasteiger partial charge in [-0.15, -0.1) is 0 Å². The van der Waals surface area contributed by atoms with Crippen LogP contribution >= 0.6 is 0 Å². The van der Waals surface area contributed by atoms with E-state index >= 15 is 0 Å². The SMILES string of the molecule is Cc1ccnc([C@H]2CCN(C(=O)c3cc4ccc(F)cc4[nH]3)C2)n1. The quantitative estimate of drug-likeness (QED) is 0.788. The number of rotatable bonds is 2. The number of fused-ring (bicyclic) bond motifs is 1. The molecule has 1 aromatic carbocycles. The number of benzene rings is 1. The van der Waals surface area contributed by atoms with Crippen LogP contribution in [0.25, 0.3) is 10.9 Å². The van der Waals surface area contributed by atoms with E-state index in [1.165, 1.54) is 12.1 Å². The number of carbonyl (C=O) groups excluding carboxylic acids is 1. The summed E-state index contributed by atoms with van der Waals surface area (Å²) in [4.78, 5) is 26.3. The Labute approximate surface area is 138 Å². The fourth-order valence-corrected chi connectivity index (χ4v) is 3.21. The minimum atomic E-state index is -0.318. The standard InChI is InChI=1S/C18H17FN4O/c1-11-4-6-20-17(21-11)13-5-7-23(10-13)18(24)16-8-12-2-3-14(19)9-15(12)22-16/h2-4,6,8-9,13,22H,5,7,10H2,1H3/t13-/m0/s1. The molecule has 3 heterocycles. The normalized spacial score (nSPS) is 17.6. The molecule has 0 saturated carbocycles. The number of aryl methyl sites for hydroxylation is 1. The molecule has 0 bridgehead atoms. The number of hydrogen-bond acceptors (Lipinski definition) is 3. The second-order valence-electron chi connectivity index (χ2n) is 6.21. The fraction of sp³-hybridized carbons (Fsp3) is 0.278. The monoisotopic (exact) mass is 324 g/mol. The van der Waals surface area contributed by atoms with Gasteiger partial charge in [0, 0.05) is 41.8 Å². The molecular formula is C18H17FN4O. The van der Waals surface area contributed by atoms with Gasteiger partial charge in [-0.25, -0.2) is 14.4 Å². The van der Waals surface area contributed by atoms with E-state index in [4.69, 9.17) is 0 Å². The highest BCUT2D eigenvalue weighted by molar-refractivity contribution is 5.98. The first-order valence-electron chi connectivity index (χ1n) is 7.97. The second kappa shape index (κ2) is 5.70. The lowest BCUT2D eigenvalue weighted by atomic mass is 10.1. The van der Waals surface area contributed by atoms with E-state index in [0.29, 0.717) is 24.3 Å². The lowest BCUT2D eigenvalue weighted by molar-refractivity contribution is 0.0785. The zero-order valence-electron chi connectivity index (χ0n) is 13.3. The van der Waals surface area contributed by atoms with Crippen LogP contribution in [-0.4, -0.2) is 38.8 Å². The third kappa shape index (κ3) is 2.64. The average Bonchev–Trinajstić information content (AvgIpc) is 3.21. The smallest absolute Gasteiger partial charge is 0.270 e. The molecule has 0 unspecified atom stereocenters. The molecule has 3 aromatic rings.